The highest BCUT2D eigenvalue weighted by atomic mass is 19.4. The summed E-state index contributed by atoms with van der Waals surface area (Å²) in [6.07, 6.45) is -9.31. The second-order valence-corrected chi connectivity index (χ2v) is 3.16. The van der Waals surface area contributed by atoms with Crippen molar-refractivity contribution in [1.29, 1.82) is 0 Å². The molecule has 0 aromatic carbocycles. The van der Waals surface area contributed by atoms with E-state index in [-0.39, 0.29) is 0 Å². The van der Waals surface area contributed by atoms with Gasteiger partial charge in [-0.2, -0.15) is 39.5 Å². The molecule has 19 heavy (non-hydrogen) atoms. The van der Waals surface area contributed by atoms with Crippen LogP contribution in [0.25, 0.3) is 0 Å². The molecular weight excluding hydrogens is 305 g/mol. The van der Waals surface area contributed by atoms with E-state index in [9.17, 15) is 49.6 Å². The average molecular weight is 309 g/mol. The van der Waals surface area contributed by atoms with E-state index >= 15 is 0 Å². The summed E-state index contributed by atoms with van der Waals surface area (Å²) < 4.78 is 110. The third kappa shape index (κ3) is 3.32. The van der Waals surface area contributed by atoms with Gasteiger partial charge in [0, 0.05) is 6.42 Å². The van der Waals surface area contributed by atoms with Crippen molar-refractivity contribution in [2.24, 2.45) is 0 Å². The van der Waals surface area contributed by atoms with Crippen LogP contribution in [0, 0.1) is 10.1 Å². The second-order valence-electron chi connectivity index (χ2n) is 3.16. The zero-order valence-electron chi connectivity index (χ0n) is 8.49. The molecule has 0 unspecified atom stereocenters. The molecule has 4 nitrogen and oxygen atoms in total. The first-order chi connectivity index (χ1) is 8.17. The number of alkyl halides is 9. The second kappa shape index (κ2) is 4.92. The zero-order chi connectivity index (χ0) is 15.7. The molecule has 0 aliphatic rings. The van der Waals surface area contributed by atoms with Crippen LogP contribution in [-0.2, 0) is 4.84 Å². The zero-order valence-corrected chi connectivity index (χ0v) is 8.49. The third-order valence-corrected chi connectivity index (χ3v) is 1.82. The average Bonchev–Trinajstić information content (AvgIpc) is 2.14. The van der Waals surface area contributed by atoms with Crippen molar-refractivity contribution in [3.63, 3.8) is 0 Å². The summed E-state index contributed by atoms with van der Waals surface area (Å²) in [5, 5.41) is 7.82. The van der Waals surface area contributed by atoms with E-state index in [0.29, 0.717) is 0 Å². The van der Waals surface area contributed by atoms with E-state index in [1.165, 1.54) is 0 Å². The molecule has 0 fully saturated rings. The Bertz CT molecular complexity index is 339. The first-order valence-electron chi connectivity index (χ1n) is 4.14. The number of rotatable bonds is 6. The van der Waals surface area contributed by atoms with Crippen LogP contribution in [-0.4, -0.2) is 35.6 Å². The molecule has 0 aliphatic carbocycles. The predicted molar refractivity (Wildman–Crippen MR) is 38.5 cm³/mol. The van der Waals surface area contributed by atoms with E-state index in [2.05, 4.69) is 4.84 Å². The highest BCUT2D eigenvalue weighted by Crippen LogP contribution is 2.53. The van der Waals surface area contributed by atoms with Crippen LogP contribution in [0.2, 0.25) is 0 Å². The monoisotopic (exact) mass is 309 g/mol. The third-order valence-electron chi connectivity index (χ3n) is 1.82. The van der Waals surface area contributed by atoms with Crippen LogP contribution in [0.1, 0.15) is 6.42 Å². The lowest BCUT2D eigenvalue weighted by Gasteiger charge is -2.33. The molecule has 0 atom stereocenters. The van der Waals surface area contributed by atoms with Crippen LogP contribution >= 0.6 is 0 Å². The van der Waals surface area contributed by atoms with Gasteiger partial charge >= 0.3 is 23.9 Å². The lowest BCUT2D eigenvalue weighted by Crippen LogP contribution is -2.61. The van der Waals surface area contributed by atoms with Gasteiger partial charge in [-0.15, -0.1) is 10.1 Å². The Balaban J connectivity index is 5.11. The Morgan fingerprint density at radius 2 is 1.32 bits per heavy atom. The number of hydrogen-bond acceptors (Lipinski definition) is 3. The summed E-state index contributed by atoms with van der Waals surface area (Å²) in [6, 6.07) is 0. The van der Waals surface area contributed by atoms with E-state index < -0.39 is 42.1 Å². The Morgan fingerprint density at radius 3 is 1.63 bits per heavy atom. The Labute approximate surface area is 97.8 Å². The topological polar surface area (TPSA) is 52.4 Å². The van der Waals surface area contributed by atoms with Crippen molar-refractivity contribution in [3.8, 4) is 0 Å². The van der Waals surface area contributed by atoms with Crippen LogP contribution in [0.5, 0.6) is 0 Å². The minimum atomic E-state index is -7.00. The maximum Gasteiger partial charge on any atom is 0.460 e. The lowest BCUT2D eigenvalue weighted by atomic mass is 10.0. The molecule has 0 aliphatic heterocycles. The first-order valence-corrected chi connectivity index (χ1v) is 4.14. The van der Waals surface area contributed by atoms with Gasteiger partial charge in [0.05, 0.1) is 0 Å². The lowest BCUT2D eigenvalue weighted by molar-refractivity contribution is -0.758. The van der Waals surface area contributed by atoms with Crippen molar-refractivity contribution in [2.45, 2.75) is 30.4 Å². The van der Waals surface area contributed by atoms with Gasteiger partial charge < -0.3 is 4.84 Å². The van der Waals surface area contributed by atoms with Crippen molar-refractivity contribution < 1.29 is 49.4 Å². The van der Waals surface area contributed by atoms with Crippen LogP contribution in [0.4, 0.5) is 39.5 Å². The van der Waals surface area contributed by atoms with E-state index in [1.54, 1.807) is 0 Å². The van der Waals surface area contributed by atoms with Gasteiger partial charge in [0.25, 0.3) is 5.09 Å². The summed E-state index contributed by atoms with van der Waals surface area (Å²) in [6.45, 7) is -1.77. The molecule has 0 saturated heterocycles. The van der Waals surface area contributed by atoms with Crippen molar-refractivity contribution in [3.05, 3.63) is 10.1 Å². The first kappa shape index (κ1) is 17.6. The molecule has 0 amide bonds. The molecule has 0 radical (unpaired) electrons. The van der Waals surface area contributed by atoms with Crippen molar-refractivity contribution in [2.75, 3.05) is 6.61 Å². The van der Waals surface area contributed by atoms with Crippen molar-refractivity contribution in [1.82, 2.24) is 0 Å². The molecule has 0 saturated carbocycles. The molecular formula is C6H4F9NO3. The van der Waals surface area contributed by atoms with Crippen LogP contribution in [0.15, 0.2) is 0 Å². The Hall–Kier alpha value is -1.43. The van der Waals surface area contributed by atoms with E-state index in [0.717, 1.165) is 0 Å². The van der Waals surface area contributed by atoms with Gasteiger partial charge in [-0.25, -0.2) is 0 Å². The molecule has 0 spiro atoms. The summed E-state index contributed by atoms with van der Waals surface area (Å²) >= 11 is 0. The maximum atomic E-state index is 12.6. The molecule has 0 bridgehead atoms. The largest absolute Gasteiger partial charge is 0.460 e. The fraction of sp³-hybridized carbons (Fsp3) is 1.00. The normalized spacial score (nSPS) is 14.4. The summed E-state index contributed by atoms with van der Waals surface area (Å²) in [4.78, 5) is 12.7. The smallest absolute Gasteiger partial charge is 0.314 e. The van der Waals surface area contributed by atoms with Crippen LogP contribution < -0.4 is 0 Å². The number of hydrogen-bond donors (Lipinski definition) is 0. The molecule has 0 aromatic heterocycles. The number of nitrogens with zero attached hydrogens (tertiary/aromatic N) is 1. The standard InChI is InChI=1S/C6H4F9NO3/c7-3(8,1-2-19-16(17)18)4(9,10)5(11,12)6(13,14)15/h1-2H2. The molecule has 13 heteroatoms. The highest BCUT2D eigenvalue weighted by Gasteiger charge is 2.81. The molecule has 0 aromatic rings. The predicted octanol–water partition coefficient (Wildman–Crippen LogP) is 3.05. The van der Waals surface area contributed by atoms with Gasteiger partial charge in [-0.3, -0.25) is 0 Å². The van der Waals surface area contributed by atoms with Crippen LogP contribution in [0.3, 0.4) is 0 Å². The van der Waals surface area contributed by atoms with Gasteiger partial charge in [-0.05, 0) is 0 Å². The number of halogens is 9. The molecule has 0 N–H and O–H groups in total. The summed E-state index contributed by atoms with van der Waals surface area (Å²) in [5.41, 5.74) is 0. The van der Waals surface area contributed by atoms with Gasteiger partial charge in [-0.1, -0.05) is 0 Å². The van der Waals surface area contributed by atoms with Gasteiger partial charge in [0.1, 0.15) is 6.61 Å². The SMILES string of the molecule is O=[N+]([O-])OCCC(F)(F)C(F)(F)C(F)(F)C(F)(F)F. The Kier molecular flexibility index (Phi) is 4.55. The minimum Gasteiger partial charge on any atom is -0.314 e. The minimum absolute atomic E-state index is 1.70. The van der Waals surface area contributed by atoms with E-state index in [4.69, 9.17) is 0 Å². The fourth-order valence-electron chi connectivity index (χ4n) is 0.813. The Morgan fingerprint density at radius 1 is 0.895 bits per heavy atom. The summed E-state index contributed by atoms with van der Waals surface area (Å²) in [5.74, 6) is -19.6. The summed E-state index contributed by atoms with van der Waals surface area (Å²) in [7, 11) is 0. The maximum absolute atomic E-state index is 12.6. The van der Waals surface area contributed by atoms with Gasteiger partial charge in [0.2, 0.25) is 0 Å². The van der Waals surface area contributed by atoms with E-state index in [1.807, 2.05) is 0 Å². The van der Waals surface area contributed by atoms with Crippen molar-refractivity contribution >= 4 is 0 Å². The quantitative estimate of drug-likeness (QED) is 0.430. The molecule has 0 heterocycles. The fourth-order valence-corrected chi connectivity index (χ4v) is 0.813. The molecule has 0 rings (SSSR count). The molecule has 114 valence electrons. The van der Waals surface area contributed by atoms with Gasteiger partial charge in [0.15, 0.2) is 0 Å². The highest BCUT2D eigenvalue weighted by molar-refractivity contribution is 5.00.